The molecule has 1 fully saturated rings. The van der Waals surface area contributed by atoms with Crippen molar-refractivity contribution in [1.29, 1.82) is 0 Å². The molecule has 0 aromatic heterocycles. The lowest BCUT2D eigenvalue weighted by atomic mass is 9.83. The number of aryl methyl sites for hydroxylation is 1. The fourth-order valence-corrected chi connectivity index (χ4v) is 4.94. The molecule has 212 valence electrons. The molecule has 1 aromatic carbocycles. The van der Waals surface area contributed by atoms with Crippen LogP contribution in [-0.2, 0) is 11.2 Å². The van der Waals surface area contributed by atoms with Crippen molar-refractivity contribution < 1.29 is 22.4 Å². The molecule has 0 spiro atoms. The Kier molecular flexibility index (Phi) is 9.86. The Hall–Kier alpha value is -3.29. The maximum Gasteiger partial charge on any atom is 0.389 e. The standard InChI is InChI=1S/C31H39F4N3O/c1-5-7-23(19-28(36)37-26-9-6-8-25(32)20-26)18-24-15-16-30(3,4)21(2)38(29(24)39)27-12-10-22(11-13-27)14-17-31(33,34)35/h6-8,10-13,19-20,24,26,37H,2,5,9,14-18,36H2,1,3-4H3/b23-7-,28-19+. The third-order valence-corrected chi connectivity index (χ3v) is 7.30. The lowest BCUT2D eigenvalue weighted by Gasteiger charge is -2.33. The predicted octanol–water partition coefficient (Wildman–Crippen LogP) is 7.76. The van der Waals surface area contributed by atoms with Crippen molar-refractivity contribution in [1.82, 2.24) is 5.32 Å². The summed E-state index contributed by atoms with van der Waals surface area (Å²) < 4.78 is 51.6. The fourth-order valence-electron chi connectivity index (χ4n) is 4.94. The minimum atomic E-state index is -4.22. The second-order valence-corrected chi connectivity index (χ2v) is 11.0. The molecule has 2 atom stereocenters. The van der Waals surface area contributed by atoms with Gasteiger partial charge in [0.25, 0.3) is 0 Å². The van der Waals surface area contributed by atoms with Crippen LogP contribution in [0, 0.1) is 11.3 Å². The first-order valence-electron chi connectivity index (χ1n) is 13.4. The first kappa shape index (κ1) is 30.3. The van der Waals surface area contributed by atoms with E-state index in [1.165, 1.54) is 12.2 Å². The van der Waals surface area contributed by atoms with Crippen LogP contribution in [0.4, 0.5) is 23.2 Å². The Balaban J connectivity index is 1.81. The number of alkyl halides is 3. The number of nitrogens with two attached hydrogens (primary N) is 1. The normalized spacial score (nSPS) is 22.5. The molecule has 1 heterocycles. The highest BCUT2D eigenvalue weighted by Gasteiger charge is 2.38. The summed E-state index contributed by atoms with van der Waals surface area (Å²) in [6, 6.07) is 6.44. The Morgan fingerprint density at radius 2 is 1.95 bits per heavy atom. The summed E-state index contributed by atoms with van der Waals surface area (Å²) in [5.74, 6) is -0.351. The number of nitrogens with zero attached hydrogens (tertiary/aromatic N) is 1. The second-order valence-electron chi connectivity index (χ2n) is 11.0. The minimum absolute atomic E-state index is 0.0991. The summed E-state index contributed by atoms with van der Waals surface area (Å²) in [6.45, 7) is 10.4. The minimum Gasteiger partial charge on any atom is -0.386 e. The summed E-state index contributed by atoms with van der Waals surface area (Å²) in [5, 5.41) is 3.13. The van der Waals surface area contributed by atoms with Gasteiger partial charge in [0.2, 0.25) is 5.91 Å². The van der Waals surface area contributed by atoms with Gasteiger partial charge in [-0.2, -0.15) is 13.2 Å². The number of halogens is 4. The number of rotatable bonds is 9. The lowest BCUT2D eigenvalue weighted by molar-refractivity contribution is -0.134. The van der Waals surface area contributed by atoms with Crippen molar-refractivity contribution in [3.05, 3.63) is 89.7 Å². The fraction of sp³-hybridized carbons (Fsp3) is 0.452. The predicted molar refractivity (Wildman–Crippen MR) is 149 cm³/mol. The number of carbonyl (C=O) groups is 1. The smallest absolute Gasteiger partial charge is 0.386 e. The Morgan fingerprint density at radius 3 is 2.56 bits per heavy atom. The van der Waals surface area contributed by atoms with Crippen LogP contribution < -0.4 is 16.0 Å². The molecule has 2 unspecified atom stereocenters. The average molecular weight is 546 g/mol. The third-order valence-electron chi connectivity index (χ3n) is 7.30. The van der Waals surface area contributed by atoms with Gasteiger partial charge in [0.05, 0.1) is 11.9 Å². The van der Waals surface area contributed by atoms with E-state index in [0.717, 1.165) is 18.4 Å². The van der Waals surface area contributed by atoms with Gasteiger partial charge in [-0.05, 0) is 80.0 Å². The van der Waals surface area contributed by atoms with E-state index in [4.69, 9.17) is 5.73 Å². The molecule has 2 aliphatic rings. The van der Waals surface area contributed by atoms with Gasteiger partial charge >= 0.3 is 6.18 Å². The average Bonchev–Trinajstić information content (AvgIpc) is 2.92. The number of anilines is 1. The van der Waals surface area contributed by atoms with Gasteiger partial charge in [0, 0.05) is 29.1 Å². The molecule has 1 aliphatic heterocycles. The molecule has 1 amide bonds. The van der Waals surface area contributed by atoms with Crippen molar-refractivity contribution in [3.63, 3.8) is 0 Å². The Bertz CT molecular complexity index is 1160. The largest absolute Gasteiger partial charge is 0.389 e. The van der Waals surface area contributed by atoms with E-state index in [9.17, 15) is 22.4 Å². The Labute approximate surface area is 229 Å². The number of carbonyl (C=O) groups excluding carboxylic acids is 1. The quantitative estimate of drug-likeness (QED) is 0.246. The third kappa shape index (κ3) is 8.60. The van der Waals surface area contributed by atoms with Gasteiger partial charge in [0.1, 0.15) is 5.83 Å². The first-order chi connectivity index (χ1) is 18.3. The zero-order valence-electron chi connectivity index (χ0n) is 23.0. The maximum atomic E-state index is 13.9. The van der Waals surface area contributed by atoms with Crippen molar-refractivity contribution in [2.24, 2.45) is 17.1 Å². The highest BCUT2D eigenvalue weighted by Crippen LogP contribution is 2.42. The summed E-state index contributed by atoms with van der Waals surface area (Å²) >= 11 is 0. The second kappa shape index (κ2) is 12.7. The maximum absolute atomic E-state index is 13.9. The van der Waals surface area contributed by atoms with Gasteiger partial charge in [0.15, 0.2) is 0 Å². The molecule has 4 nitrogen and oxygen atoms in total. The summed E-state index contributed by atoms with van der Waals surface area (Å²) in [4.78, 5) is 15.6. The van der Waals surface area contributed by atoms with Gasteiger partial charge < -0.3 is 11.1 Å². The zero-order valence-corrected chi connectivity index (χ0v) is 23.0. The molecule has 0 radical (unpaired) electrons. The van der Waals surface area contributed by atoms with Crippen LogP contribution in [0.5, 0.6) is 0 Å². The molecule has 3 N–H and O–H groups in total. The van der Waals surface area contributed by atoms with E-state index in [0.29, 0.717) is 42.0 Å². The summed E-state index contributed by atoms with van der Waals surface area (Å²) in [7, 11) is 0. The van der Waals surface area contributed by atoms with E-state index in [1.54, 1.807) is 35.2 Å². The van der Waals surface area contributed by atoms with E-state index in [2.05, 4.69) is 11.9 Å². The van der Waals surface area contributed by atoms with Crippen LogP contribution in [0.2, 0.25) is 0 Å². The van der Waals surface area contributed by atoms with Crippen LogP contribution in [0.3, 0.4) is 0 Å². The monoisotopic (exact) mass is 545 g/mol. The van der Waals surface area contributed by atoms with Gasteiger partial charge in [-0.25, -0.2) is 4.39 Å². The SMILES string of the molecule is C=C1N(c2ccc(CCC(F)(F)F)cc2)C(=O)C(CC(=C/CC)/C=C(\N)NC2C=C(F)C=CC2)CCC1(C)C. The number of hydrogen-bond donors (Lipinski definition) is 2. The number of allylic oxidation sites excluding steroid dienone is 6. The zero-order chi connectivity index (χ0) is 28.8. The number of amides is 1. The lowest BCUT2D eigenvalue weighted by Crippen LogP contribution is -2.36. The van der Waals surface area contributed by atoms with Crippen LogP contribution in [0.25, 0.3) is 0 Å². The van der Waals surface area contributed by atoms with Gasteiger partial charge in [-0.15, -0.1) is 0 Å². The van der Waals surface area contributed by atoms with E-state index in [-0.39, 0.29) is 35.5 Å². The number of hydrogen-bond acceptors (Lipinski definition) is 3. The molecule has 0 bridgehead atoms. The molecule has 1 aromatic rings. The van der Waals surface area contributed by atoms with E-state index < -0.39 is 12.6 Å². The topological polar surface area (TPSA) is 58.4 Å². The van der Waals surface area contributed by atoms with Crippen LogP contribution >= 0.6 is 0 Å². The molecule has 8 heteroatoms. The Morgan fingerprint density at radius 1 is 1.26 bits per heavy atom. The molecular weight excluding hydrogens is 506 g/mol. The van der Waals surface area contributed by atoms with E-state index in [1.807, 2.05) is 32.9 Å². The van der Waals surface area contributed by atoms with Crippen molar-refractivity contribution in [3.8, 4) is 0 Å². The summed E-state index contributed by atoms with van der Waals surface area (Å²) in [5.41, 5.74) is 8.63. The molecule has 0 saturated carbocycles. The van der Waals surface area contributed by atoms with E-state index >= 15 is 0 Å². The van der Waals surface area contributed by atoms with Crippen molar-refractivity contribution in [2.75, 3.05) is 4.90 Å². The molecular formula is C31H39F4N3O. The highest BCUT2D eigenvalue weighted by molar-refractivity contribution is 5.98. The van der Waals surface area contributed by atoms with Crippen LogP contribution in [-0.4, -0.2) is 18.1 Å². The van der Waals surface area contributed by atoms with Crippen molar-refractivity contribution >= 4 is 11.6 Å². The first-order valence-corrected chi connectivity index (χ1v) is 13.4. The molecule has 3 rings (SSSR count). The van der Waals surface area contributed by atoms with Crippen LogP contribution in [0.1, 0.15) is 64.9 Å². The van der Waals surface area contributed by atoms with Crippen molar-refractivity contribution in [2.45, 2.75) is 77.9 Å². The summed E-state index contributed by atoms with van der Waals surface area (Å²) in [6.07, 6.45) is 6.51. The highest BCUT2D eigenvalue weighted by atomic mass is 19.4. The van der Waals surface area contributed by atoms with Crippen LogP contribution in [0.15, 0.2) is 84.1 Å². The molecule has 1 saturated heterocycles. The molecule has 39 heavy (non-hydrogen) atoms. The number of benzene rings is 1. The molecule has 1 aliphatic carbocycles. The van der Waals surface area contributed by atoms with Gasteiger partial charge in [-0.1, -0.05) is 51.6 Å². The number of nitrogens with one attached hydrogen (secondary N) is 1. The van der Waals surface area contributed by atoms with Gasteiger partial charge in [-0.3, -0.25) is 9.69 Å².